The molecule has 9 heteroatoms. The molecule has 49 heavy (non-hydrogen) atoms. The lowest BCUT2D eigenvalue weighted by molar-refractivity contribution is -0.161. The average molecular weight is 719 g/mol. The molecule has 0 spiro atoms. The summed E-state index contributed by atoms with van der Waals surface area (Å²) in [6.45, 7) is 6.06. The van der Waals surface area contributed by atoms with Crippen molar-refractivity contribution in [2.45, 2.75) is 226 Å². The van der Waals surface area contributed by atoms with Crippen molar-refractivity contribution in [3.8, 4) is 0 Å². The maximum atomic E-state index is 12.6. The number of phosphoric acid groups is 1. The van der Waals surface area contributed by atoms with Crippen LogP contribution in [0.4, 0.5) is 0 Å². The molecular weight excluding hydrogens is 639 g/mol. The number of carbonyl (C=O) groups excluding carboxylic acids is 2. The Bertz CT molecular complexity index is 777. The van der Waals surface area contributed by atoms with Gasteiger partial charge in [0.25, 0.3) is 0 Å². The Balaban J connectivity index is 4.28. The fraction of sp³-hybridized carbons (Fsp3) is 0.950. The minimum Gasteiger partial charge on any atom is -0.462 e. The standard InChI is InChI=1S/C40H79O8P/c1-4-7-10-12-14-16-18-20-22-24-26-28-30-33-39(41)45-36-38(37-47-49(43,44)46-35-32-9-6-3)48-40(42)34-31-29-27-25-23-21-19-17-15-13-11-8-5-2/h38H,4-37H2,1-3H3,(H,43,44). The Labute approximate surface area is 302 Å². The highest BCUT2D eigenvalue weighted by atomic mass is 31.2. The molecule has 2 atom stereocenters. The molecule has 0 aromatic rings. The van der Waals surface area contributed by atoms with E-state index in [1.165, 1.54) is 128 Å². The lowest BCUT2D eigenvalue weighted by Crippen LogP contribution is -2.29. The van der Waals surface area contributed by atoms with E-state index in [0.29, 0.717) is 12.8 Å². The number of hydrogen-bond donors (Lipinski definition) is 1. The molecule has 1 N–H and O–H groups in total. The van der Waals surface area contributed by atoms with E-state index in [-0.39, 0.29) is 32.2 Å². The lowest BCUT2D eigenvalue weighted by Gasteiger charge is -2.20. The number of phosphoric ester groups is 1. The number of hydrogen-bond acceptors (Lipinski definition) is 7. The molecule has 0 saturated carbocycles. The minimum atomic E-state index is -4.30. The molecule has 0 aromatic heterocycles. The van der Waals surface area contributed by atoms with E-state index in [1.54, 1.807) is 0 Å². The summed E-state index contributed by atoms with van der Waals surface area (Å²) < 4.78 is 33.4. The van der Waals surface area contributed by atoms with Gasteiger partial charge < -0.3 is 14.4 Å². The van der Waals surface area contributed by atoms with Crippen molar-refractivity contribution in [3.63, 3.8) is 0 Å². The summed E-state index contributed by atoms with van der Waals surface area (Å²) in [5, 5.41) is 0. The summed E-state index contributed by atoms with van der Waals surface area (Å²) in [6, 6.07) is 0. The van der Waals surface area contributed by atoms with E-state index in [4.69, 9.17) is 18.5 Å². The van der Waals surface area contributed by atoms with E-state index >= 15 is 0 Å². The molecule has 0 heterocycles. The predicted molar refractivity (Wildman–Crippen MR) is 203 cm³/mol. The number of esters is 2. The maximum Gasteiger partial charge on any atom is 0.472 e. The molecule has 8 nitrogen and oxygen atoms in total. The van der Waals surface area contributed by atoms with Gasteiger partial charge in [-0.15, -0.1) is 0 Å². The highest BCUT2D eigenvalue weighted by molar-refractivity contribution is 7.47. The van der Waals surface area contributed by atoms with Crippen molar-refractivity contribution in [2.24, 2.45) is 0 Å². The zero-order valence-electron chi connectivity index (χ0n) is 32.4. The Morgan fingerprint density at radius 1 is 0.469 bits per heavy atom. The molecule has 0 fully saturated rings. The molecule has 0 aliphatic rings. The van der Waals surface area contributed by atoms with Crippen molar-refractivity contribution in [1.29, 1.82) is 0 Å². The first kappa shape index (κ1) is 48.0. The Morgan fingerprint density at radius 3 is 1.22 bits per heavy atom. The van der Waals surface area contributed by atoms with Crippen LogP contribution in [-0.2, 0) is 32.7 Å². The van der Waals surface area contributed by atoms with Gasteiger partial charge in [-0.3, -0.25) is 18.6 Å². The molecule has 0 bridgehead atoms. The van der Waals surface area contributed by atoms with Crippen molar-refractivity contribution < 1.29 is 37.6 Å². The highest BCUT2D eigenvalue weighted by Crippen LogP contribution is 2.43. The van der Waals surface area contributed by atoms with Crippen molar-refractivity contribution in [2.75, 3.05) is 19.8 Å². The van der Waals surface area contributed by atoms with Crippen LogP contribution in [0, 0.1) is 0 Å². The van der Waals surface area contributed by atoms with Crippen molar-refractivity contribution in [1.82, 2.24) is 0 Å². The quantitative estimate of drug-likeness (QED) is 0.0380. The van der Waals surface area contributed by atoms with Crippen LogP contribution in [0.1, 0.15) is 220 Å². The van der Waals surface area contributed by atoms with Crippen LogP contribution in [0.15, 0.2) is 0 Å². The first-order valence-corrected chi connectivity index (χ1v) is 22.3. The van der Waals surface area contributed by atoms with Crippen LogP contribution in [-0.4, -0.2) is 42.8 Å². The van der Waals surface area contributed by atoms with Gasteiger partial charge in [0, 0.05) is 12.8 Å². The summed E-state index contributed by atoms with van der Waals surface area (Å²) in [5.41, 5.74) is 0. The summed E-state index contributed by atoms with van der Waals surface area (Å²) >= 11 is 0. The summed E-state index contributed by atoms with van der Waals surface area (Å²) in [5.74, 6) is -0.774. The zero-order chi connectivity index (χ0) is 36.1. The van der Waals surface area contributed by atoms with Gasteiger partial charge in [-0.2, -0.15) is 0 Å². The predicted octanol–water partition coefficient (Wildman–Crippen LogP) is 12.7. The van der Waals surface area contributed by atoms with Crippen LogP contribution < -0.4 is 0 Å². The van der Waals surface area contributed by atoms with Crippen LogP contribution in [0.5, 0.6) is 0 Å². The topological polar surface area (TPSA) is 108 Å². The minimum absolute atomic E-state index is 0.110. The molecule has 0 radical (unpaired) electrons. The third-order valence-electron chi connectivity index (χ3n) is 9.12. The number of unbranched alkanes of at least 4 members (excludes halogenated alkanes) is 26. The monoisotopic (exact) mass is 719 g/mol. The molecular formula is C40H79O8P. The molecule has 292 valence electrons. The van der Waals surface area contributed by atoms with Crippen LogP contribution in [0.2, 0.25) is 0 Å². The lowest BCUT2D eigenvalue weighted by atomic mass is 10.0. The second-order valence-corrected chi connectivity index (χ2v) is 15.5. The van der Waals surface area contributed by atoms with Crippen LogP contribution in [0.3, 0.4) is 0 Å². The summed E-state index contributed by atoms with van der Waals surface area (Å²) in [7, 11) is -4.30. The van der Waals surface area contributed by atoms with Crippen molar-refractivity contribution in [3.05, 3.63) is 0 Å². The van der Waals surface area contributed by atoms with Crippen LogP contribution >= 0.6 is 7.82 Å². The molecule has 0 aromatic carbocycles. The van der Waals surface area contributed by atoms with E-state index in [0.717, 1.165) is 51.4 Å². The van der Waals surface area contributed by atoms with Gasteiger partial charge in [-0.05, 0) is 19.3 Å². The summed E-state index contributed by atoms with van der Waals surface area (Å²) in [4.78, 5) is 35.1. The second-order valence-electron chi connectivity index (χ2n) is 14.1. The van der Waals surface area contributed by atoms with E-state index in [9.17, 15) is 19.0 Å². The van der Waals surface area contributed by atoms with E-state index < -0.39 is 19.9 Å². The first-order chi connectivity index (χ1) is 23.8. The second kappa shape index (κ2) is 36.8. The number of carbonyl (C=O) groups is 2. The zero-order valence-corrected chi connectivity index (χ0v) is 33.3. The van der Waals surface area contributed by atoms with Gasteiger partial charge in [-0.1, -0.05) is 188 Å². The molecule has 0 aliphatic heterocycles. The molecule has 2 unspecified atom stereocenters. The number of ether oxygens (including phenoxy) is 2. The van der Waals surface area contributed by atoms with E-state index in [2.05, 4.69) is 13.8 Å². The van der Waals surface area contributed by atoms with E-state index in [1.807, 2.05) is 6.92 Å². The Kier molecular flexibility index (Phi) is 36.1. The smallest absolute Gasteiger partial charge is 0.462 e. The normalized spacial score (nSPS) is 13.3. The van der Waals surface area contributed by atoms with Gasteiger partial charge >= 0.3 is 19.8 Å². The maximum absolute atomic E-state index is 12.6. The Hall–Kier alpha value is -0.950. The Morgan fingerprint density at radius 2 is 0.816 bits per heavy atom. The highest BCUT2D eigenvalue weighted by Gasteiger charge is 2.26. The SMILES string of the molecule is CCCCCCCCCCCCCCCC(=O)OCC(COP(=O)(O)OCCCCC)OC(=O)CCCCCCCCCCCCCCC. The van der Waals surface area contributed by atoms with Gasteiger partial charge in [0.15, 0.2) is 6.10 Å². The number of rotatable bonds is 39. The van der Waals surface area contributed by atoms with Crippen LogP contribution in [0.25, 0.3) is 0 Å². The molecule has 0 amide bonds. The largest absolute Gasteiger partial charge is 0.472 e. The third-order valence-corrected chi connectivity index (χ3v) is 10.1. The van der Waals surface area contributed by atoms with Gasteiger partial charge in [0.2, 0.25) is 0 Å². The molecule has 0 rings (SSSR count). The van der Waals surface area contributed by atoms with Crippen molar-refractivity contribution >= 4 is 19.8 Å². The molecule has 0 saturated heterocycles. The third kappa shape index (κ3) is 36.6. The fourth-order valence-electron chi connectivity index (χ4n) is 5.94. The van der Waals surface area contributed by atoms with Gasteiger partial charge in [-0.25, -0.2) is 4.57 Å². The molecule has 0 aliphatic carbocycles. The van der Waals surface area contributed by atoms with Gasteiger partial charge in [0.05, 0.1) is 13.2 Å². The average Bonchev–Trinajstić information content (AvgIpc) is 3.08. The fourth-order valence-corrected chi connectivity index (χ4v) is 6.73. The van der Waals surface area contributed by atoms with Gasteiger partial charge in [0.1, 0.15) is 6.61 Å². The first-order valence-electron chi connectivity index (χ1n) is 20.8. The summed E-state index contributed by atoms with van der Waals surface area (Å²) in [6.07, 6.45) is 34.0.